The Kier molecular flexibility index (Phi) is 1.12. The number of nitrogens with one attached hydrogen (secondary N) is 1. The van der Waals surface area contributed by atoms with E-state index in [2.05, 4.69) is 4.98 Å². The van der Waals surface area contributed by atoms with Crippen LogP contribution < -0.4 is 5.56 Å². The summed E-state index contributed by atoms with van der Waals surface area (Å²) in [5.41, 5.74) is -0.0249. The number of aromatic amines is 1. The van der Waals surface area contributed by atoms with Crippen molar-refractivity contribution in [3.05, 3.63) is 35.0 Å². The van der Waals surface area contributed by atoms with E-state index in [1.54, 1.807) is 6.20 Å². The molecule has 0 spiro atoms. The summed E-state index contributed by atoms with van der Waals surface area (Å²) in [6, 6.07) is 1.89. The smallest absolute Gasteiger partial charge is 0.257 e. The minimum atomic E-state index is -0.0249. The van der Waals surface area contributed by atoms with Crippen LogP contribution in [0.5, 0.6) is 0 Å². The van der Waals surface area contributed by atoms with E-state index >= 15 is 0 Å². The summed E-state index contributed by atoms with van der Waals surface area (Å²) in [7, 11) is 1.90. The van der Waals surface area contributed by atoms with Crippen LogP contribution in [0.4, 0.5) is 0 Å². The zero-order chi connectivity index (χ0) is 7.84. The van der Waals surface area contributed by atoms with Gasteiger partial charge in [-0.25, -0.2) is 0 Å². The van der Waals surface area contributed by atoms with Crippen LogP contribution >= 0.6 is 0 Å². The Labute approximate surface area is 63.3 Å². The average molecular weight is 148 g/mol. The lowest BCUT2D eigenvalue weighted by Gasteiger charge is -1.82. The van der Waals surface area contributed by atoms with E-state index in [0.717, 1.165) is 10.8 Å². The molecule has 2 rings (SSSR count). The normalized spacial score (nSPS) is 10.6. The minimum absolute atomic E-state index is 0.0249. The van der Waals surface area contributed by atoms with Crippen LogP contribution in [-0.2, 0) is 7.05 Å². The maximum Gasteiger partial charge on any atom is 0.257 e. The van der Waals surface area contributed by atoms with Gasteiger partial charge in [-0.2, -0.15) is 0 Å². The maximum atomic E-state index is 11.1. The summed E-state index contributed by atoms with van der Waals surface area (Å²) in [6.07, 6.45) is 5.39. The maximum absolute atomic E-state index is 11.1. The summed E-state index contributed by atoms with van der Waals surface area (Å²) in [4.78, 5) is 13.7. The Bertz CT molecular complexity index is 439. The first-order valence-electron chi connectivity index (χ1n) is 3.41. The Hall–Kier alpha value is -1.51. The molecule has 0 radical (unpaired) electrons. The lowest BCUT2D eigenvalue weighted by Crippen LogP contribution is -2.02. The van der Waals surface area contributed by atoms with Crippen molar-refractivity contribution < 1.29 is 0 Å². The molecule has 11 heavy (non-hydrogen) atoms. The van der Waals surface area contributed by atoms with Gasteiger partial charge >= 0.3 is 0 Å². The van der Waals surface area contributed by atoms with E-state index in [0.29, 0.717) is 0 Å². The number of fused-ring (bicyclic) bond motifs is 1. The molecule has 0 aliphatic carbocycles. The monoisotopic (exact) mass is 148 g/mol. The zero-order valence-electron chi connectivity index (χ0n) is 6.16. The second-order valence-corrected chi connectivity index (χ2v) is 2.60. The Balaban J connectivity index is 3.02. The van der Waals surface area contributed by atoms with Crippen LogP contribution in [0.3, 0.4) is 0 Å². The molecule has 0 fully saturated rings. The van der Waals surface area contributed by atoms with Gasteiger partial charge in [-0.1, -0.05) is 0 Å². The van der Waals surface area contributed by atoms with Crippen molar-refractivity contribution in [2.24, 2.45) is 7.05 Å². The molecule has 0 bridgehead atoms. The van der Waals surface area contributed by atoms with Gasteiger partial charge < -0.3 is 9.55 Å². The first-order chi connectivity index (χ1) is 5.27. The summed E-state index contributed by atoms with van der Waals surface area (Å²) < 4.78 is 1.87. The molecule has 2 aromatic heterocycles. The molecule has 0 amide bonds. The number of rotatable bonds is 0. The number of hydrogen-bond donors (Lipinski definition) is 1. The van der Waals surface area contributed by atoms with Crippen molar-refractivity contribution in [2.75, 3.05) is 0 Å². The third-order valence-electron chi connectivity index (χ3n) is 1.71. The van der Waals surface area contributed by atoms with E-state index in [4.69, 9.17) is 0 Å². The van der Waals surface area contributed by atoms with E-state index in [1.807, 2.05) is 30.1 Å². The van der Waals surface area contributed by atoms with Crippen LogP contribution in [0.25, 0.3) is 10.8 Å². The fraction of sp³-hybridized carbons (Fsp3) is 0.125. The topological polar surface area (TPSA) is 37.8 Å². The highest BCUT2D eigenvalue weighted by Crippen LogP contribution is 2.07. The predicted molar refractivity (Wildman–Crippen MR) is 43.5 cm³/mol. The van der Waals surface area contributed by atoms with Gasteiger partial charge in [-0.3, -0.25) is 4.79 Å². The number of H-pyrrole nitrogens is 1. The molecule has 56 valence electrons. The number of nitrogens with zero attached hydrogens (tertiary/aromatic N) is 1. The molecule has 0 aliphatic heterocycles. The van der Waals surface area contributed by atoms with E-state index < -0.39 is 0 Å². The van der Waals surface area contributed by atoms with Gasteiger partial charge in [-0.05, 0) is 6.07 Å². The highest BCUT2D eigenvalue weighted by molar-refractivity contribution is 5.80. The molecule has 0 aromatic carbocycles. The molecule has 2 aromatic rings. The van der Waals surface area contributed by atoms with Gasteiger partial charge in [0, 0.05) is 31.0 Å². The van der Waals surface area contributed by atoms with Crippen molar-refractivity contribution in [1.82, 2.24) is 9.55 Å². The number of pyridine rings is 1. The highest BCUT2D eigenvalue weighted by atomic mass is 16.1. The molecule has 0 aliphatic rings. The Morgan fingerprint density at radius 3 is 3.00 bits per heavy atom. The Morgan fingerprint density at radius 1 is 1.45 bits per heavy atom. The molecule has 2 heterocycles. The summed E-state index contributed by atoms with van der Waals surface area (Å²) in [5, 5.41) is 1.73. The van der Waals surface area contributed by atoms with Crippen molar-refractivity contribution in [2.45, 2.75) is 0 Å². The molecule has 0 saturated heterocycles. The summed E-state index contributed by atoms with van der Waals surface area (Å²) >= 11 is 0. The second kappa shape index (κ2) is 1.99. The minimum Gasteiger partial charge on any atom is -0.356 e. The van der Waals surface area contributed by atoms with Crippen LogP contribution in [-0.4, -0.2) is 9.55 Å². The standard InChI is InChI=1S/C8H8N2O/c1-10-4-6-2-3-9-8(11)7(6)5-10/h2-5H,1H3,(H,9,11). The third-order valence-corrected chi connectivity index (χ3v) is 1.71. The van der Waals surface area contributed by atoms with Gasteiger partial charge in [0.1, 0.15) is 0 Å². The average Bonchev–Trinajstić information content (AvgIpc) is 2.31. The van der Waals surface area contributed by atoms with Crippen LogP contribution in [0.2, 0.25) is 0 Å². The first kappa shape index (κ1) is 6.22. The fourth-order valence-corrected chi connectivity index (χ4v) is 1.21. The van der Waals surface area contributed by atoms with Crippen LogP contribution in [0.1, 0.15) is 0 Å². The molecule has 0 saturated carbocycles. The predicted octanol–water partition coefficient (Wildman–Crippen LogP) is 0.867. The third kappa shape index (κ3) is 0.852. The van der Waals surface area contributed by atoms with Crippen LogP contribution in [0, 0.1) is 0 Å². The van der Waals surface area contributed by atoms with Crippen molar-refractivity contribution in [3.8, 4) is 0 Å². The molecule has 3 nitrogen and oxygen atoms in total. The van der Waals surface area contributed by atoms with Gasteiger partial charge in [-0.15, -0.1) is 0 Å². The molecule has 0 unspecified atom stereocenters. The van der Waals surface area contributed by atoms with Crippen molar-refractivity contribution >= 4 is 10.8 Å². The SMILES string of the molecule is Cn1cc2cc[nH]c(=O)c2c1. The highest BCUT2D eigenvalue weighted by Gasteiger charge is 1.97. The number of aromatic nitrogens is 2. The van der Waals surface area contributed by atoms with Crippen molar-refractivity contribution in [1.29, 1.82) is 0 Å². The summed E-state index contributed by atoms with van der Waals surface area (Å²) in [6.45, 7) is 0. The van der Waals surface area contributed by atoms with Gasteiger partial charge in [0.25, 0.3) is 5.56 Å². The fourth-order valence-electron chi connectivity index (χ4n) is 1.21. The molecular formula is C8H8N2O. The molecular weight excluding hydrogens is 140 g/mol. The van der Waals surface area contributed by atoms with Gasteiger partial charge in [0.15, 0.2) is 0 Å². The zero-order valence-corrected chi connectivity index (χ0v) is 6.16. The lowest BCUT2D eigenvalue weighted by molar-refractivity contribution is 0.933. The van der Waals surface area contributed by atoms with E-state index in [-0.39, 0.29) is 5.56 Å². The van der Waals surface area contributed by atoms with Crippen LogP contribution in [0.15, 0.2) is 29.5 Å². The second-order valence-electron chi connectivity index (χ2n) is 2.60. The van der Waals surface area contributed by atoms with Gasteiger partial charge in [0.05, 0.1) is 5.39 Å². The lowest BCUT2D eigenvalue weighted by atomic mass is 10.3. The Morgan fingerprint density at radius 2 is 2.27 bits per heavy atom. The van der Waals surface area contributed by atoms with Gasteiger partial charge in [0.2, 0.25) is 0 Å². The first-order valence-corrected chi connectivity index (χ1v) is 3.41. The number of aryl methyl sites for hydroxylation is 1. The van der Waals surface area contributed by atoms with Crippen molar-refractivity contribution in [3.63, 3.8) is 0 Å². The molecule has 3 heteroatoms. The molecule has 1 N–H and O–H groups in total. The van der Waals surface area contributed by atoms with E-state index in [1.165, 1.54) is 0 Å². The largest absolute Gasteiger partial charge is 0.356 e. The summed E-state index contributed by atoms with van der Waals surface area (Å²) in [5.74, 6) is 0. The van der Waals surface area contributed by atoms with E-state index in [9.17, 15) is 4.79 Å². The molecule has 0 atom stereocenters. The quantitative estimate of drug-likeness (QED) is 0.591. The number of hydrogen-bond acceptors (Lipinski definition) is 1.